The fourth-order valence-corrected chi connectivity index (χ4v) is 0.966. The molecule has 54 valence electrons. The highest BCUT2D eigenvalue weighted by molar-refractivity contribution is 9.08. The number of aromatic nitrogens is 1. The van der Waals surface area contributed by atoms with Gasteiger partial charge in [-0.15, -0.1) is 0 Å². The third-order valence-corrected chi connectivity index (χ3v) is 1.74. The molecule has 0 atom stereocenters. The van der Waals surface area contributed by atoms with Gasteiger partial charge in [0.25, 0.3) is 0 Å². The Morgan fingerprint density at radius 1 is 1.80 bits per heavy atom. The van der Waals surface area contributed by atoms with Gasteiger partial charge in [-0.2, -0.15) is 0 Å². The Labute approximate surface area is 66.2 Å². The summed E-state index contributed by atoms with van der Waals surface area (Å²) in [7, 11) is 0. The summed E-state index contributed by atoms with van der Waals surface area (Å²) in [6.45, 7) is 0. The van der Waals surface area contributed by atoms with Crippen LogP contribution in [0.2, 0.25) is 0 Å². The molecule has 0 spiro atoms. The smallest absolute Gasteiger partial charge is 0.337 e. The molecule has 4 heteroatoms. The molecular formula is C6H6BrNO2. The first kappa shape index (κ1) is 7.34. The lowest BCUT2D eigenvalue weighted by molar-refractivity contribution is 0.0697. The minimum Gasteiger partial charge on any atom is -0.478 e. The first-order chi connectivity index (χ1) is 4.74. The van der Waals surface area contributed by atoms with E-state index in [2.05, 4.69) is 20.9 Å². The number of carboxylic acid groups (broad SMARTS) is 1. The molecule has 0 radical (unpaired) electrons. The van der Waals surface area contributed by atoms with E-state index in [1.807, 2.05) is 0 Å². The van der Waals surface area contributed by atoms with Crippen molar-refractivity contribution in [1.82, 2.24) is 4.98 Å². The van der Waals surface area contributed by atoms with Crippen LogP contribution in [0, 0.1) is 0 Å². The molecule has 0 saturated heterocycles. The van der Waals surface area contributed by atoms with Gasteiger partial charge >= 0.3 is 5.97 Å². The summed E-state index contributed by atoms with van der Waals surface area (Å²) in [6, 6.07) is 1.59. The second-order valence-electron chi connectivity index (χ2n) is 1.85. The predicted molar refractivity (Wildman–Crippen MR) is 40.4 cm³/mol. The van der Waals surface area contributed by atoms with Crippen molar-refractivity contribution in [3.63, 3.8) is 0 Å². The van der Waals surface area contributed by atoms with Crippen LogP contribution in [-0.4, -0.2) is 16.1 Å². The average molecular weight is 204 g/mol. The van der Waals surface area contributed by atoms with E-state index in [9.17, 15) is 4.79 Å². The molecule has 0 amide bonds. The van der Waals surface area contributed by atoms with Crippen LogP contribution in [0.15, 0.2) is 12.3 Å². The second kappa shape index (κ2) is 2.88. The number of halogens is 1. The number of aromatic amines is 1. The molecule has 0 bridgehead atoms. The number of rotatable bonds is 2. The number of hydrogen-bond donors (Lipinski definition) is 2. The third kappa shape index (κ3) is 1.39. The zero-order valence-electron chi connectivity index (χ0n) is 5.10. The lowest BCUT2D eigenvalue weighted by Crippen LogP contribution is -1.91. The van der Waals surface area contributed by atoms with Gasteiger partial charge in [0.15, 0.2) is 0 Å². The lowest BCUT2D eigenvalue weighted by Gasteiger charge is -1.82. The van der Waals surface area contributed by atoms with E-state index in [0.29, 0.717) is 10.9 Å². The summed E-state index contributed by atoms with van der Waals surface area (Å²) in [5, 5.41) is 9.11. The summed E-state index contributed by atoms with van der Waals surface area (Å²) in [5.74, 6) is -0.900. The second-order valence-corrected chi connectivity index (χ2v) is 2.41. The average Bonchev–Trinajstić information content (AvgIpc) is 2.34. The SMILES string of the molecule is O=C(O)c1c[nH]c(CBr)c1. The van der Waals surface area contributed by atoms with Crippen molar-refractivity contribution in [3.8, 4) is 0 Å². The minimum absolute atomic E-state index is 0.300. The van der Waals surface area contributed by atoms with Gasteiger partial charge < -0.3 is 10.1 Å². The van der Waals surface area contributed by atoms with Crippen LogP contribution in [0.5, 0.6) is 0 Å². The van der Waals surface area contributed by atoms with Gasteiger partial charge in [-0.1, -0.05) is 15.9 Å². The molecule has 0 saturated carbocycles. The van der Waals surface area contributed by atoms with Crippen molar-refractivity contribution < 1.29 is 9.90 Å². The fourth-order valence-electron chi connectivity index (χ4n) is 0.642. The molecule has 3 nitrogen and oxygen atoms in total. The molecule has 1 heterocycles. The molecule has 0 aliphatic rings. The van der Waals surface area contributed by atoms with E-state index in [-0.39, 0.29) is 0 Å². The van der Waals surface area contributed by atoms with Crippen molar-refractivity contribution in [3.05, 3.63) is 23.5 Å². The monoisotopic (exact) mass is 203 g/mol. The molecule has 2 N–H and O–H groups in total. The van der Waals surface area contributed by atoms with Gasteiger partial charge in [0.1, 0.15) is 0 Å². The van der Waals surface area contributed by atoms with Gasteiger partial charge in [0.05, 0.1) is 5.56 Å². The van der Waals surface area contributed by atoms with Crippen molar-refractivity contribution >= 4 is 21.9 Å². The molecule has 1 aromatic heterocycles. The highest BCUT2D eigenvalue weighted by Crippen LogP contribution is 2.06. The number of carboxylic acids is 1. The summed E-state index contributed by atoms with van der Waals surface area (Å²) >= 11 is 3.20. The van der Waals surface area contributed by atoms with E-state index >= 15 is 0 Å². The van der Waals surface area contributed by atoms with Crippen LogP contribution in [0.4, 0.5) is 0 Å². The van der Waals surface area contributed by atoms with E-state index in [1.165, 1.54) is 6.20 Å². The Kier molecular flexibility index (Phi) is 2.11. The zero-order chi connectivity index (χ0) is 7.56. The molecule has 1 rings (SSSR count). The van der Waals surface area contributed by atoms with Gasteiger partial charge in [-0.25, -0.2) is 4.79 Å². The Bertz CT molecular complexity index is 244. The van der Waals surface area contributed by atoms with E-state index < -0.39 is 5.97 Å². The van der Waals surface area contributed by atoms with Crippen molar-refractivity contribution in [2.45, 2.75) is 5.33 Å². The van der Waals surface area contributed by atoms with Crippen LogP contribution in [0.25, 0.3) is 0 Å². The molecule has 1 aromatic rings. The minimum atomic E-state index is -0.900. The number of H-pyrrole nitrogens is 1. The number of nitrogens with one attached hydrogen (secondary N) is 1. The number of hydrogen-bond acceptors (Lipinski definition) is 1. The highest BCUT2D eigenvalue weighted by Gasteiger charge is 2.03. The van der Waals surface area contributed by atoms with Crippen LogP contribution in [-0.2, 0) is 5.33 Å². The summed E-state index contributed by atoms with van der Waals surface area (Å²) < 4.78 is 0. The molecule has 0 aliphatic heterocycles. The van der Waals surface area contributed by atoms with E-state index in [1.54, 1.807) is 6.07 Å². The molecular weight excluding hydrogens is 198 g/mol. The van der Waals surface area contributed by atoms with Crippen molar-refractivity contribution in [2.75, 3.05) is 0 Å². The van der Waals surface area contributed by atoms with Gasteiger partial charge in [-0.05, 0) is 6.07 Å². The Hall–Kier alpha value is -0.770. The first-order valence-electron chi connectivity index (χ1n) is 2.70. The zero-order valence-corrected chi connectivity index (χ0v) is 6.68. The maximum atomic E-state index is 10.3. The van der Waals surface area contributed by atoms with Crippen LogP contribution in [0.1, 0.15) is 16.1 Å². The van der Waals surface area contributed by atoms with Crippen molar-refractivity contribution in [2.24, 2.45) is 0 Å². The molecule has 10 heavy (non-hydrogen) atoms. The number of aromatic carboxylic acids is 1. The summed E-state index contributed by atoms with van der Waals surface area (Å²) in [5.41, 5.74) is 1.17. The van der Waals surface area contributed by atoms with Crippen LogP contribution < -0.4 is 0 Å². The normalized spacial score (nSPS) is 9.70. The standard InChI is InChI=1S/C6H6BrNO2/c7-2-5-1-4(3-8-5)6(9)10/h1,3,8H,2H2,(H,9,10). The summed E-state index contributed by atoms with van der Waals surface area (Å²) in [4.78, 5) is 13.1. The third-order valence-electron chi connectivity index (χ3n) is 1.13. The quantitative estimate of drug-likeness (QED) is 0.719. The maximum absolute atomic E-state index is 10.3. The van der Waals surface area contributed by atoms with Crippen molar-refractivity contribution in [1.29, 1.82) is 0 Å². The Morgan fingerprint density at radius 3 is 2.80 bits per heavy atom. The van der Waals surface area contributed by atoms with Crippen LogP contribution >= 0.6 is 15.9 Å². The van der Waals surface area contributed by atoms with Gasteiger partial charge in [-0.3, -0.25) is 0 Å². The van der Waals surface area contributed by atoms with E-state index in [0.717, 1.165) is 5.69 Å². The number of carbonyl (C=O) groups is 1. The van der Waals surface area contributed by atoms with Crippen LogP contribution in [0.3, 0.4) is 0 Å². The predicted octanol–water partition coefficient (Wildman–Crippen LogP) is 1.61. The number of alkyl halides is 1. The Morgan fingerprint density at radius 2 is 2.50 bits per heavy atom. The van der Waals surface area contributed by atoms with E-state index in [4.69, 9.17) is 5.11 Å². The first-order valence-corrected chi connectivity index (χ1v) is 3.82. The van der Waals surface area contributed by atoms with Gasteiger partial charge in [0, 0.05) is 17.2 Å². The molecule has 0 fully saturated rings. The fraction of sp³-hybridized carbons (Fsp3) is 0.167. The highest BCUT2D eigenvalue weighted by atomic mass is 79.9. The molecule has 0 aliphatic carbocycles. The van der Waals surface area contributed by atoms with Gasteiger partial charge in [0.2, 0.25) is 0 Å². The Balaban J connectivity index is 2.88. The molecule has 0 unspecified atom stereocenters. The topological polar surface area (TPSA) is 53.1 Å². The lowest BCUT2D eigenvalue weighted by atomic mass is 10.3. The largest absolute Gasteiger partial charge is 0.478 e. The maximum Gasteiger partial charge on any atom is 0.337 e. The molecule has 0 aromatic carbocycles. The summed E-state index contributed by atoms with van der Waals surface area (Å²) in [6.07, 6.45) is 1.47.